The summed E-state index contributed by atoms with van der Waals surface area (Å²) in [6.45, 7) is 1.76. The average molecular weight is 335 g/mol. The number of hydrogen-bond donors (Lipinski definition) is 2. The van der Waals surface area contributed by atoms with Crippen molar-refractivity contribution in [2.45, 2.75) is 13.0 Å². The van der Waals surface area contributed by atoms with Gasteiger partial charge in [0, 0.05) is 16.7 Å². The third kappa shape index (κ3) is 3.29. The smallest absolute Gasteiger partial charge is 0.132 e. The van der Waals surface area contributed by atoms with Crippen LogP contribution in [0, 0.1) is 5.82 Å². The highest BCUT2D eigenvalue weighted by molar-refractivity contribution is 6.41. The lowest BCUT2D eigenvalue weighted by Crippen LogP contribution is -2.09. The van der Waals surface area contributed by atoms with Gasteiger partial charge in [0.05, 0.1) is 21.8 Å². The number of phenolic OH excluding ortho intramolecular Hbond substituents is 1. The molecule has 2 nitrogen and oxygen atoms in total. The van der Waals surface area contributed by atoms with Crippen molar-refractivity contribution in [2.24, 2.45) is 0 Å². The summed E-state index contributed by atoms with van der Waals surface area (Å²) in [5, 5.41) is 13.4. The van der Waals surface area contributed by atoms with Crippen LogP contribution in [0.4, 0.5) is 10.1 Å². The summed E-state index contributed by atoms with van der Waals surface area (Å²) in [6.07, 6.45) is 0. The van der Waals surface area contributed by atoms with Gasteiger partial charge in [0.2, 0.25) is 0 Å². The Morgan fingerprint density at radius 2 is 1.70 bits per heavy atom. The molecule has 0 spiro atoms. The Balaban J connectivity index is 2.30. The van der Waals surface area contributed by atoms with Crippen LogP contribution >= 0.6 is 34.8 Å². The molecule has 0 aliphatic heterocycles. The minimum Gasteiger partial charge on any atom is -0.508 e. The molecule has 0 amide bonds. The molecule has 0 aromatic heterocycles. The largest absolute Gasteiger partial charge is 0.508 e. The maximum absolute atomic E-state index is 13.8. The van der Waals surface area contributed by atoms with E-state index in [0.717, 1.165) is 6.07 Å². The van der Waals surface area contributed by atoms with Crippen molar-refractivity contribution in [2.75, 3.05) is 5.32 Å². The standard InChI is InChI=1S/C14H11Cl3FNO/c1-7(10-3-2-9(20)6-13(10)18)19-14-11(16)4-8(15)5-12(14)17/h2-7,19-20H,1H3. The lowest BCUT2D eigenvalue weighted by atomic mass is 10.1. The highest BCUT2D eigenvalue weighted by Crippen LogP contribution is 2.36. The van der Waals surface area contributed by atoms with E-state index in [4.69, 9.17) is 34.8 Å². The van der Waals surface area contributed by atoms with Crippen LogP contribution in [0.25, 0.3) is 0 Å². The van der Waals surface area contributed by atoms with Gasteiger partial charge in [-0.05, 0) is 25.1 Å². The number of phenols is 1. The molecule has 0 aliphatic carbocycles. The fourth-order valence-corrected chi connectivity index (χ4v) is 2.77. The number of benzene rings is 2. The fourth-order valence-electron chi connectivity index (χ4n) is 1.84. The maximum Gasteiger partial charge on any atom is 0.132 e. The van der Waals surface area contributed by atoms with E-state index >= 15 is 0 Å². The van der Waals surface area contributed by atoms with Crippen LogP contribution in [-0.2, 0) is 0 Å². The maximum atomic E-state index is 13.8. The molecular formula is C14H11Cl3FNO. The predicted octanol–water partition coefficient (Wildman–Crippen LogP) is 5.66. The molecule has 0 aliphatic rings. The fraction of sp³-hybridized carbons (Fsp3) is 0.143. The molecule has 0 saturated heterocycles. The van der Waals surface area contributed by atoms with Gasteiger partial charge in [-0.25, -0.2) is 4.39 Å². The van der Waals surface area contributed by atoms with E-state index in [1.54, 1.807) is 19.1 Å². The second-order valence-corrected chi connectivity index (χ2v) is 5.57. The molecule has 2 N–H and O–H groups in total. The molecule has 20 heavy (non-hydrogen) atoms. The van der Waals surface area contributed by atoms with Crippen LogP contribution in [0.5, 0.6) is 5.75 Å². The van der Waals surface area contributed by atoms with Crippen LogP contribution < -0.4 is 5.32 Å². The third-order valence-electron chi connectivity index (χ3n) is 2.82. The van der Waals surface area contributed by atoms with Crippen LogP contribution in [0.15, 0.2) is 30.3 Å². The quantitative estimate of drug-likeness (QED) is 0.758. The first-order valence-corrected chi connectivity index (χ1v) is 6.91. The SMILES string of the molecule is CC(Nc1c(Cl)cc(Cl)cc1Cl)c1ccc(O)cc1F. The first-order valence-electron chi connectivity index (χ1n) is 5.78. The Kier molecular flexibility index (Phi) is 4.63. The zero-order chi connectivity index (χ0) is 14.9. The zero-order valence-corrected chi connectivity index (χ0v) is 12.7. The van der Waals surface area contributed by atoms with Crippen molar-refractivity contribution in [1.82, 2.24) is 0 Å². The topological polar surface area (TPSA) is 32.3 Å². The van der Waals surface area contributed by atoms with E-state index in [1.807, 2.05) is 0 Å². The molecule has 2 rings (SSSR count). The molecule has 6 heteroatoms. The number of aromatic hydroxyl groups is 1. The molecule has 2 aromatic rings. The summed E-state index contributed by atoms with van der Waals surface area (Å²) in [4.78, 5) is 0. The Morgan fingerprint density at radius 1 is 1.10 bits per heavy atom. The summed E-state index contributed by atoms with van der Waals surface area (Å²) < 4.78 is 13.8. The van der Waals surface area contributed by atoms with E-state index < -0.39 is 5.82 Å². The normalized spacial score (nSPS) is 12.2. The lowest BCUT2D eigenvalue weighted by Gasteiger charge is -2.18. The highest BCUT2D eigenvalue weighted by Gasteiger charge is 2.15. The van der Waals surface area contributed by atoms with Gasteiger partial charge in [0.25, 0.3) is 0 Å². The van der Waals surface area contributed by atoms with Gasteiger partial charge in [-0.15, -0.1) is 0 Å². The van der Waals surface area contributed by atoms with Crippen LogP contribution in [0.2, 0.25) is 15.1 Å². The molecule has 0 radical (unpaired) electrons. The molecule has 2 aromatic carbocycles. The molecule has 1 unspecified atom stereocenters. The number of rotatable bonds is 3. The van der Waals surface area contributed by atoms with Gasteiger partial charge in [-0.2, -0.15) is 0 Å². The Bertz CT molecular complexity index is 625. The molecule has 1 atom stereocenters. The molecule has 0 heterocycles. The van der Waals surface area contributed by atoms with Crippen molar-refractivity contribution in [3.63, 3.8) is 0 Å². The highest BCUT2D eigenvalue weighted by atomic mass is 35.5. The second-order valence-electron chi connectivity index (χ2n) is 4.32. The summed E-state index contributed by atoms with van der Waals surface area (Å²) >= 11 is 18.0. The number of hydrogen-bond acceptors (Lipinski definition) is 2. The van der Waals surface area contributed by atoms with Crippen molar-refractivity contribution in [1.29, 1.82) is 0 Å². The van der Waals surface area contributed by atoms with E-state index in [1.165, 1.54) is 12.1 Å². The van der Waals surface area contributed by atoms with Gasteiger partial charge < -0.3 is 10.4 Å². The summed E-state index contributed by atoms with van der Waals surface area (Å²) in [5.74, 6) is -0.632. The van der Waals surface area contributed by atoms with E-state index in [-0.39, 0.29) is 11.8 Å². The first-order chi connectivity index (χ1) is 9.38. The van der Waals surface area contributed by atoms with Gasteiger partial charge in [0.1, 0.15) is 11.6 Å². The Labute approximate surface area is 131 Å². The molecule has 106 valence electrons. The van der Waals surface area contributed by atoms with Crippen LogP contribution in [-0.4, -0.2) is 5.11 Å². The van der Waals surface area contributed by atoms with E-state index in [2.05, 4.69) is 5.32 Å². The summed E-state index contributed by atoms with van der Waals surface area (Å²) in [5.41, 5.74) is 0.877. The first kappa shape index (κ1) is 15.2. The van der Waals surface area contributed by atoms with Gasteiger partial charge in [-0.1, -0.05) is 40.9 Å². The number of anilines is 1. The molecule has 0 fully saturated rings. The third-order valence-corrected chi connectivity index (χ3v) is 3.63. The summed E-state index contributed by atoms with van der Waals surface area (Å²) in [7, 11) is 0. The predicted molar refractivity (Wildman–Crippen MR) is 81.6 cm³/mol. The Hall–Kier alpha value is -1.16. The van der Waals surface area contributed by atoms with E-state index in [0.29, 0.717) is 26.3 Å². The summed E-state index contributed by atoms with van der Waals surface area (Å²) in [6, 6.07) is 6.70. The van der Waals surface area contributed by atoms with Crippen LogP contribution in [0.1, 0.15) is 18.5 Å². The minimum absolute atomic E-state index is 0.124. The van der Waals surface area contributed by atoms with Crippen molar-refractivity contribution in [3.05, 3.63) is 56.8 Å². The zero-order valence-electron chi connectivity index (χ0n) is 10.4. The molecule has 0 saturated carbocycles. The molecular weight excluding hydrogens is 324 g/mol. The number of nitrogens with one attached hydrogen (secondary N) is 1. The van der Waals surface area contributed by atoms with Crippen molar-refractivity contribution < 1.29 is 9.50 Å². The van der Waals surface area contributed by atoms with Gasteiger partial charge >= 0.3 is 0 Å². The monoisotopic (exact) mass is 333 g/mol. The van der Waals surface area contributed by atoms with Gasteiger partial charge in [-0.3, -0.25) is 0 Å². The van der Waals surface area contributed by atoms with Crippen molar-refractivity contribution in [3.8, 4) is 5.75 Å². The second kappa shape index (κ2) is 6.08. The minimum atomic E-state index is -0.508. The van der Waals surface area contributed by atoms with E-state index in [9.17, 15) is 9.50 Å². The average Bonchev–Trinajstić information content (AvgIpc) is 2.33. The number of halogens is 4. The van der Waals surface area contributed by atoms with Crippen molar-refractivity contribution >= 4 is 40.5 Å². The van der Waals surface area contributed by atoms with Gasteiger partial charge in [0.15, 0.2) is 0 Å². The van der Waals surface area contributed by atoms with Crippen LogP contribution in [0.3, 0.4) is 0 Å². The Morgan fingerprint density at radius 3 is 2.25 bits per heavy atom. The molecule has 0 bridgehead atoms. The lowest BCUT2D eigenvalue weighted by molar-refractivity contribution is 0.467.